The zero-order valence-corrected chi connectivity index (χ0v) is 16.2. The topological polar surface area (TPSA) is 91.6 Å². The average Bonchev–Trinajstić information content (AvgIpc) is 3.02. The van der Waals surface area contributed by atoms with E-state index < -0.39 is 0 Å². The standard InChI is InChI=1S/C19H25N5O3/c1-13-15(16(22-27-13)14-5-7-20-8-6-14)17(25)23-9-11-24(12-10-23)18(26)21-19(2,3)4/h5-8H,9-12H2,1-4H3,(H,21,26). The van der Waals surface area contributed by atoms with E-state index in [1.165, 1.54) is 0 Å². The highest BCUT2D eigenvalue weighted by atomic mass is 16.5. The van der Waals surface area contributed by atoms with Gasteiger partial charge in [0, 0.05) is 49.7 Å². The van der Waals surface area contributed by atoms with Crippen molar-refractivity contribution in [2.24, 2.45) is 0 Å². The van der Waals surface area contributed by atoms with Gasteiger partial charge in [-0.25, -0.2) is 4.79 Å². The summed E-state index contributed by atoms with van der Waals surface area (Å²) in [5.41, 5.74) is 1.48. The summed E-state index contributed by atoms with van der Waals surface area (Å²) in [5, 5.41) is 7.01. The Balaban J connectivity index is 1.71. The minimum absolute atomic E-state index is 0.103. The third-order valence-electron chi connectivity index (χ3n) is 4.37. The van der Waals surface area contributed by atoms with E-state index in [-0.39, 0.29) is 17.5 Å². The Kier molecular flexibility index (Phi) is 5.16. The monoisotopic (exact) mass is 371 g/mol. The van der Waals surface area contributed by atoms with Crippen LogP contribution in [-0.2, 0) is 0 Å². The molecule has 0 saturated carbocycles. The first kappa shape index (κ1) is 18.9. The summed E-state index contributed by atoms with van der Waals surface area (Å²) in [4.78, 5) is 32.8. The van der Waals surface area contributed by atoms with Gasteiger partial charge in [-0.2, -0.15) is 0 Å². The van der Waals surface area contributed by atoms with Gasteiger partial charge in [0.1, 0.15) is 17.0 Å². The molecular formula is C19H25N5O3. The van der Waals surface area contributed by atoms with Crippen LogP contribution in [0, 0.1) is 6.92 Å². The number of pyridine rings is 1. The lowest BCUT2D eigenvalue weighted by atomic mass is 10.1. The highest BCUT2D eigenvalue weighted by Gasteiger charge is 2.30. The Labute approximate surface area is 158 Å². The van der Waals surface area contributed by atoms with Crippen molar-refractivity contribution in [3.63, 3.8) is 0 Å². The number of hydrogen-bond donors (Lipinski definition) is 1. The number of piperazine rings is 1. The average molecular weight is 371 g/mol. The number of nitrogens with zero attached hydrogens (tertiary/aromatic N) is 4. The van der Waals surface area contributed by atoms with Crippen molar-refractivity contribution >= 4 is 11.9 Å². The Morgan fingerprint density at radius 2 is 1.67 bits per heavy atom. The fraction of sp³-hybridized carbons (Fsp3) is 0.474. The summed E-state index contributed by atoms with van der Waals surface area (Å²) in [5.74, 6) is 0.358. The van der Waals surface area contributed by atoms with E-state index in [1.807, 2.05) is 20.8 Å². The van der Waals surface area contributed by atoms with E-state index >= 15 is 0 Å². The molecule has 144 valence electrons. The molecule has 1 aliphatic rings. The summed E-state index contributed by atoms with van der Waals surface area (Å²) >= 11 is 0. The maximum atomic E-state index is 13.1. The molecule has 0 aliphatic carbocycles. The molecule has 8 heteroatoms. The summed E-state index contributed by atoms with van der Waals surface area (Å²) in [7, 11) is 0. The third kappa shape index (κ3) is 4.27. The Morgan fingerprint density at radius 3 is 2.26 bits per heavy atom. The predicted molar refractivity (Wildman–Crippen MR) is 100 cm³/mol. The second-order valence-electron chi connectivity index (χ2n) is 7.66. The van der Waals surface area contributed by atoms with Crippen molar-refractivity contribution in [1.82, 2.24) is 25.3 Å². The van der Waals surface area contributed by atoms with Gasteiger partial charge in [0.05, 0.1) is 0 Å². The van der Waals surface area contributed by atoms with Gasteiger partial charge in [-0.1, -0.05) is 5.16 Å². The van der Waals surface area contributed by atoms with Gasteiger partial charge in [-0.15, -0.1) is 0 Å². The molecule has 0 aromatic carbocycles. The molecule has 27 heavy (non-hydrogen) atoms. The molecule has 3 rings (SSSR count). The fourth-order valence-electron chi connectivity index (χ4n) is 3.00. The van der Waals surface area contributed by atoms with Crippen molar-refractivity contribution in [1.29, 1.82) is 0 Å². The van der Waals surface area contributed by atoms with Crippen LogP contribution in [-0.4, -0.2) is 63.6 Å². The first-order valence-electron chi connectivity index (χ1n) is 8.99. The molecule has 1 N–H and O–H groups in total. The molecule has 3 heterocycles. The van der Waals surface area contributed by atoms with Gasteiger partial charge in [0.25, 0.3) is 5.91 Å². The van der Waals surface area contributed by atoms with Crippen LogP contribution in [0.4, 0.5) is 4.79 Å². The van der Waals surface area contributed by atoms with Crippen LogP contribution in [0.3, 0.4) is 0 Å². The highest BCUT2D eigenvalue weighted by Crippen LogP contribution is 2.26. The fourth-order valence-corrected chi connectivity index (χ4v) is 3.00. The lowest BCUT2D eigenvalue weighted by Crippen LogP contribution is -2.56. The van der Waals surface area contributed by atoms with Crippen LogP contribution in [0.1, 0.15) is 36.9 Å². The van der Waals surface area contributed by atoms with E-state index in [4.69, 9.17) is 4.52 Å². The van der Waals surface area contributed by atoms with Crippen molar-refractivity contribution in [3.05, 3.63) is 35.9 Å². The number of nitrogens with one attached hydrogen (secondary N) is 1. The lowest BCUT2D eigenvalue weighted by Gasteiger charge is -2.36. The minimum atomic E-state index is -0.289. The first-order valence-corrected chi connectivity index (χ1v) is 8.99. The zero-order valence-electron chi connectivity index (χ0n) is 16.2. The molecule has 2 aromatic heterocycles. The molecule has 0 radical (unpaired) electrons. The number of carbonyl (C=O) groups is 2. The molecule has 0 atom stereocenters. The maximum absolute atomic E-state index is 13.1. The summed E-state index contributed by atoms with van der Waals surface area (Å²) in [6.07, 6.45) is 3.31. The largest absolute Gasteiger partial charge is 0.360 e. The van der Waals surface area contributed by atoms with Crippen LogP contribution < -0.4 is 5.32 Å². The van der Waals surface area contributed by atoms with Crippen molar-refractivity contribution < 1.29 is 14.1 Å². The van der Waals surface area contributed by atoms with Crippen LogP contribution in [0.2, 0.25) is 0 Å². The zero-order chi connectivity index (χ0) is 19.6. The normalized spacial score (nSPS) is 15.0. The van der Waals surface area contributed by atoms with Crippen LogP contribution in [0.25, 0.3) is 11.3 Å². The quantitative estimate of drug-likeness (QED) is 0.875. The number of carbonyl (C=O) groups excluding carboxylic acids is 2. The Bertz CT molecular complexity index is 818. The molecule has 3 amide bonds. The van der Waals surface area contributed by atoms with Gasteiger partial charge in [-0.3, -0.25) is 9.78 Å². The predicted octanol–water partition coefficient (Wildman–Crippen LogP) is 2.31. The molecular weight excluding hydrogens is 346 g/mol. The maximum Gasteiger partial charge on any atom is 0.317 e. The van der Waals surface area contributed by atoms with Gasteiger partial charge < -0.3 is 19.6 Å². The van der Waals surface area contributed by atoms with E-state index in [1.54, 1.807) is 41.2 Å². The van der Waals surface area contributed by atoms with Gasteiger partial charge in [0.2, 0.25) is 0 Å². The number of rotatable bonds is 2. The van der Waals surface area contributed by atoms with Crippen molar-refractivity contribution in [2.75, 3.05) is 26.2 Å². The second kappa shape index (κ2) is 7.38. The molecule has 1 aliphatic heterocycles. The number of aryl methyl sites for hydroxylation is 1. The van der Waals surface area contributed by atoms with Crippen LogP contribution >= 0.6 is 0 Å². The second-order valence-corrected chi connectivity index (χ2v) is 7.66. The van der Waals surface area contributed by atoms with E-state index in [0.29, 0.717) is 43.2 Å². The molecule has 1 fully saturated rings. The smallest absolute Gasteiger partial charge is 0.317 e. The van der Waals surface area contributed by atoms with Crippen LogP contribution in [0.5, 0.6) is 0 Å². The summed E-state index contributed by atoms with van der Waals surface area (Å²) < 4.78 is 5.28. The summed E-state index contributed by atoms with van der Waals surface area (Å²) in [6, 6.07) is 3.49. The number of urea groups is 1. The van der Waals surface area contributed by atoms with Gasteiger partial charge in [-0.05, 0) is 39.8 Å². The molecule has 8 nitrogen and oxygen atoms in total. The lowest BCUT2D eigenvalue weighted by molar-refractivity contribution is 0.0660. The molecule has 0 unspecified atom stereocenters. The molecule has 2 aromatic rings. The van der Waals surface area contributed by atoms with E-state index in [0.717, 1.165) is 5.56 Å². The number of hydrogen-bond acceptors (Lipinski definition) is 5. The van der Waals surface area contributed by atoms with Crippen LogP contribution in [0.15, 0.2) is 29.0 Å². The minimum Gasteiger partial charge on any atom is -0.360 e. The molecule has 0 spiro atoms. The van der Waals surface area contributed by atoms with Crippen molar-refractivity contribution in [2.45, 2.75) is 33.2 Å². The number of amides is 3. The van der Waals surface area contributed by atoms with Gasteiger partial charge >= 0.3 is 6.03 Å². The first-order chi connectivity index (χ1) is 12.8. The van der Waals surface area contributed by atoms with Crippen molar-refractivity contribution in [3.8, 4) is 11.3 Å². The van der Waals surface area contributed by atoms with E-state index in [2.05, 4.69) is 15.5 Å². The van der Waals surface area contributed by atoms with E-state index in [9.17, 15) is 9.59 Å². The number of aromatic nitrogens is 2. The molecule has 1 saturated heterocycles. The third-order valence-corrected chi connectivity index (χ3v) is 4.37. The highest BCUT2D eigenvalue weighted by molar-refractivity contribution is 6.00. The Hall–Kier alpha value is -2.90. The Morgan fingerprint density at radius 1 is 1.07 bits per heavy atom. The summed E-state index contributed by atoms with van der Waals surface area (Å²) in [6.45, 7) is 9.48. The van der Waals surface area contributed by atoms with Gasteiger partial charge in [0.15, 0.2) is 0 Å². The SMILES string of the molecule is Cc1onc(-c2ccncc2)c1C(=O)N1CCN(C(=O)NC(C)(C)C)CC1. The molecule has 0 bridgehead atoms.